The Morgan fingerprint density at radius 1 is 1.19 bits per heavy atom. The van der Waals surface area contributed by atoms with Crippen LogP contribution in [-0.4, -0.2) is 70.3 Å². The van der Waals surface area contributed by atoms with Gasteiger partial charge in [-0.3, -0.25) is 10.2 Å². The van der Waals surface area contributed by atoms with E-state index in [0.29, 0.717) is 16.8 Å². The molecule has 0 amide bonds. The Kier molecular flexibility index (Phi) is 6.86. The van der Waals surface area contributed by atoms with E-state index in [1.807, 2.05) is 6.92 Å². The van der Waals surface area contributed by atoms with Crippen molar-refractivity contribution in [3.8, 4) is 29.6 Å². The Morgan fingerprint density at radius 2 is 2.02 bits per heavy atom. The van der Waals surface area contributed by atoms with E-state index in [-0.39, 0.29) is 70.0 Å². The minimum absolute atomic E-state index is 0.0542. The Hall–Kier alpha value is -4.47. The molecule has 8 rings (SSSR count). The van der Waals surface area contributed by atoms with Crippen molar-refractivity contribution >= 4 is 33.2 Å². The molecule has 0 bridgehead atoms. The van der Waals surface area contributed by atoms with Crippen LogP contribution in [0.1, 0.15) is 37.4 Å². The zero-order chi connectivity index (χ0) is 32.8. The van der Waals surface area contributed by atoms with Gasteiger partial charge in [0.1, 0.15) is 29.5 Å². The number of pyridine rings is 1. The third-order valence-corrected chi connectivity index (χ3v) is 10.2. The molecule has 4 unspecified atom stereocenters. The largest absolute Gasteiger partial charge is 0.461 e. The fraction of sp³-hybridized carbons (Fsp3) is 0.400. The molecule has 5 atom stereocenters. The number of nitrogens with one attached hydrogen (secondary N) is 1. The molecule has 0 saturated carbocycles. The van der Waals surface area contributed by atoms with Gasteiger partial charge in [0.25, 0.3) is 0 Å². The van der Waals surface area contributed by atoms with Crippen LogP contribution < -0.4 is 20.7 Å². The lowest BCUT2D eigenvalue weighted by atomic mass is 9.93. The second-order valence-corrected chi connectivity index (χ2v) is 13.3. The number of nitrogens with two attached hydrogens (primary N) is 1. The van der Waals surface area contributed by atoms with Crippen molar-refractivity contribution in [1.29, 1.82) is 0 Å². The lowest BCUT2D eigenvalue weighted by Crippen LogP contribution is -2.62. The van der Waals surface area contributed by atoms with Crippen molar-refractivity contribution in [3.05, 3.63) is 59.3 Å². The molecule has 4 aliphatic heterocycles. The summed E-state index contributed by atoms with van der Waals surface area (Å²) in [5, 5.41) is 3.41. The number of halogens is 4. The number of piperazine rings is 1. The lowest BCUT2D eigenvalue weighted by Gasteiger charge is -2.42. The molecule has 4 aromatic rings. The van der Waals surface area contributed by atoms with Gasteiger partial charge in [0.2, 0.25) is 0 Å². The summed E-state index contributed by atoms with van der Waals surface area (Å²) in [6.07, 6.45) is 5.21. The summed E-state index contributed by atoms with van der Waals surface area (Å²) in [6, 6.07) is 4.96. The number of terminal acetylenes is 1. The topological polar surface area (TPSA) is 92.4 Å². The Bertz CT molecular complexity index is 2030. The van der Waals surface area contributed by atoms with Gasteiger partial charge in [-0.2, -0.15) is 9.97 Å². The van der Waals surface area contributed by atoms with Crippen molar-refractivity contribution in [2.45, 2.75) is 56.8 Å². The molecule has 3 N–H and O–H groups in total. The Labute approximate surface area is 269 Å². The van der Waals surface area contributed by atoms with Gasteiger partial charge in [-0.05, 0) is 61.7 Å². The monoisotopic (exact) mass is 643 g/mol. The average molecular weight is 644 g/mol. The van der Waals surface area contributed by atoms with Gasteiger partial charge in [-0.15, -0.1) is 6.42 Å². The minimum Gasteiger partial charge on any atom is -0.461 e. The first-order valence-electron chi connectivity index (χ1n) is 15.8. The van der Waals surface area contributed by atoms with E-state index in [2.05, 4.69) is 27.7 Å². The Balaban J connectivity index is 1.36. The molecular weight excluding hydrogens is 610 g/mol. The standard InChI is InChI=1S/C35H33F4N7O/c1-4-21-23(36)7-6-19-11-20(40)12-22(26(19)21)29-28(38)30-27-24(41-29)10-18(3)31-32(39)42-25(37)15-46(31)33(27)44-34(43-30)47-16-35-8-5-9-45(35)14-17(2)13-35/h1,6-7,11-12,18,25,31-32,42H,2,5,8-10,13-16,40H2,3H3/t18-,25?,31?,32?,35?/m0/s1. The first-order chi connectivity index (χ1) is 22.6. The molecule has 4 aliphatic rings. The van der Waals surface area contributed by atoms with E-state index in [1.165, 1.54) is 18.2 Å². The minimum atomic E-state index is -1.73. The summed E-state index contributed by atoms with van der Waals surface area (Å²) < 4.78 is 68.8. The molecular formula is C35H33F4N7O. The SMILES string of the molecule is C#Cc1c(F)ccc2cc(N)cc(-c3nc4c5c(nc(OCC67CCCN6CC(=C)C7)nc5c3F)N3CC(F)NC(F)C3[C@@H](C)C4)c12. The highest BCUT2D eigenvalue weighted by Gasteiger charge is 2.47. The van der Waals surface area contributed by atoms with Crippen molar-refractivity contribution in [3.63, 3.8) is 0 Å². The number of hydrogen-bond donors (Lipinski definition) is 2. The van der Waals surface area contributed by atoms with Gasteiger partial charge in [0.05, 0.1) is 34.8 Å². The number of ether oxygens (including phenoxy) is 1. The number of alkyl halides is 2. The van der Waals surface area contributed by atoms with Gasteiger partial charge < -0.3 is 15.4 Å². The number of rotatable bonds is 4. The number of anilines is 2. The fourth-order valence-electron chi connectivity index (χ4n) is 8.27. The van der Waals surface area contributed by atoms with Crippen molar-refractivity contribution in [2.24, 2.45) is 5.92 Å². The van der Waals surface area contributed by atoms with E-state index >= 15 is 8.78 Å². The summed E-state index contributed by atoms with van der Waals surface area (Å²) >= 11 is 0. The summed E-state index contributed by atoms with van der Waals surface area (Å²) in [5.41, 5.74) is 7.66. The number of fused-ring (bicyclic) bond motifs is 4. The third kappa shape index (κ3) is 4.62. The van der Waals surface area contributed by atoms with Crippen LogP contribution in [0.4, 0.5) is 29.1 Å². The zero-order valence-electron chi connectivity index (χ0n) is 25.8. The number of nitrogen functional groups attached to an aromatic ring is 1. The molecule has 3 fully saturated rings. The highest BCUT2D eigenvalue weighted by atomic mass is 19.2. The predicted octanol–water partition coefficient (Wildman–Crippen LogP) is 5.42. The Morgan fingerprint density at radius 3 is 2.83 bits per heavy atom. The van der Waals surface area contributed by atoms with Crippen molar-refractivity contribution in [1.82, 2.24) is 25.2 Å². The molecule has 242 valence electrons. The predicted molar refractivity (Wildman–Crippen MR) is 172 cm³/mol. The van der Waals surface area contributed by atoms with E-state index in [4.69, 9.17) is 26.9 Å². The van der Waals surface area contributed by atoms with Crippen molar-refractivity contribution in [2.75, 3.05) is 36.9 Å². The van der Waals surface area contributed by atoms with Crippen LogP contribution in [0.2, 0.25) is 0 Å². The maximum atomic E-state index is 17.1. The van der Waals surface area contributed by atoms with Gasteiger partial charge in [0.15, 0.2) is 18.4 Å². The van der Waals surface area contributed by atoms with Crippen LogP contribution in [0.3, 0.4) is 0 Å². The van der Waals surface area contributed by atoms with Gasteiger partial charge in [-0.1, -0.05) is 31.1 Å². The van der Waals surface area contributed by atoms with Crippen LogP contribution in [0.5, 0.6) is 6.01 Å². The van der Waals surface area contributed by atoms with E-state index in [1.54, 1.807) is 11.0 Å². The van der Waals surface area contributed by atoms with Crippen molar-refractivity contribution < 1.29 is 22.3 Å². The van der Waals surface area contributed by atoms with E-state index < -0.39 is 36.2 Å². The van der Waals surface area contributed by atoms with Gasteiger partial charge in [-0.25, -0.2) is 22.5 Å². The highest BCUT2D eigenvalue weighted by molar-refractivity contribution is 6.04. The third-order valence-electron chi connectivity index (χ3n) is 10.2. The molecule has 0 spiro atoms. The summed E-state index contributed by atoms with van der Waals surface area (Å²) in [5.74, 6) is 0.674. The number of hydrogen-bond acceptors (Lipinski definition) is 8. The average Bonchev–Trinajstić information content (AvgIpc) is 3.52. The van der Waals surface area contributed by atoms with E-state index in [9.17, 15) is 8.78 Å². The summed E-state index contributed by atoms with van der Waals surface area (Å²) in [4.78, 5) is 18.0. The van der Waals surface area contributed by atoms with E-state index in [0.717, 1.165) is 37.9 Å². The van der Waals surface area contributed by atoms with Gasteiger partial charge in [0, 0.05) is 23.2 Å². The smallest absolute Gasteiger partial charge is 0.319 e. The number of benzene rings is 2. The first-order valence-corrected chi connectivity index (χ1v) is 15.8. The summed E-state index contributed by atoms with van der Waals surface area (Å²) in [6.45, 7) is 7.74. The lowest BCUT2D eigenvalue weighted by molar-refractivity contribution is 0.0886. The maximum absolute atomic E-state index is 17.1. The first kappa shape index (κ1) is 29.9. The second-order valence-electron chi connectivity index (χ2n) is 13.3. The fourth-order valence-corrected chi connectivity index (χ4v) is 8.27. The number of aromatic nitrogens is 3. The molecule has 47 heavy (non-hydrogen) atoms. The van der Waals surface area contributed by atoms with Crippen LogP contribution in [0.25, 0.3) is 32.9 Å². The summed E-state index contributed by atoms with van der Waals surface area (Å²) in [7, 11) is 0. The van der Waals surface area contributed by atoms with Crippen LogP contribution in [0, 0.1) is 29.9 Å². The molecule has 3 saturated heterocycles. The second kappa shape index (κ2) is 10.8. The molecule has 8 nitrogen and oxygen atoms in total. The molecule has 2 aromatic heterocycles. The maximum Gasteiger partial charge on any atom is 0.319 e. The van der Waals surface area contributed by atoms with Gasteiger partial charge >= 0.3 is 6.01 Å². The quantitative estimate of drug-likeness (QED) is 0.100. The normalized spacial score (nSPS) is 27.1. The zero-order valence-corrected chi connectivity index (χ0v) is 25.8. The molecule has 6 heterocycles. The molecule has 0 aliphatic carbocycles. The molecule has 12 heteroatoms. The highest BCUT2D eigenvalue weighted by Crippen LogP contribution is 2.44. The van der Waals surface area contributed by atoms with Crippen LogP contribution in [-0.2, 0) is 6.42 Å². The van der Waals surface area contributed by atoms with Crippen LogP contribution in [0.15, 0.2) is 36.4 Å². The number of nitrogens with zero attached hydrogens (tertiary/aromatic N) is 5. The molecule has 0 radical (unpaired) electrons. The van der Waals surface area contributed by atoms with Crippen LogP contribution >= 0.6 is 0 Å². The molecule has 2 aromatic carbocycles.